The number of amides is 1. The number of halogens is 2. The van der Waals surface area contributed by atoms with Crippen molar-refractivity contribution in [1.82, 2.24) is 0 Å². The van der Waals surface area contributed by atoms with Crippen molar-refractivity contribution in [3.63, 3.8) is 0 Å². The number of carbonyl (C=O) groups is 2. The van der Waals surface area contributed by atoms with Crippen molar-refractivity contribution in [2.75, 3.05) is 25.7 Å². The lowest BCUT2D eigenvalue weighted by Crippen LogP contribution is -2.30. The molecule has 38 heavy (non-hydrogen) atoms. The van der Waals surface area contributed by atoms with Gasteiger partial charge in [0.15, 0.2) is 17.2 Å². The van der Waals surface area contributed by atoms with Crippen molar-refractivity contribution >= 4 is 46.3 Å². The average Bonchev–Trinajstić information content (AvgIpc) is 3.13. The van der Waals surface area contributed by atoms with E-state index in [1.807, 2.05) is 32.9 Å². The van der Waals surface area contributed by atoms with Crippen molar-refractivity contribution in [2.45, 2.75) is 26.8 Å². The molecule has 1 saturated heterocycles. The van der Waals surface area contributed by atoms with Gasteiger partial charge in [0.05, 0.1) is 42.5 Å². The van der Waals surface area contributed by atoms with Crippen molar-refractivity contribution in [2.24, 2.45) is 0 Å². The molecule has 0 aromatic heterocycles. The molecule has 1 N–H and O–H groups in total. The van der Waals surface area contributed by atoms with E-state index in [-0.39, 0.29) is 26.9 Å². The maximum absolute atomic E-state index is 13.5. The summed E-state index contributed by atoms with van der Waals surface area (Å²) in [5.41, 5.74) is 2.95. The molecule has 0 spiro atoms. The van der Waals surface area contributed by atoms with E-state index in [9.17, 15) is 14.7 Å². The van der Waals surface area contributed by atoms with Crippen LogP contribution in [0.3, 0.4) is 0 Å². The number of benzene rings is 3. The maximum atomic E-state index is 13.5. The highest BCUT2D eigenvalue weighted by atomic mass is 35.5. The summed E-state index contributed by atoms with van der Waals surface area (Å²) < 4.78 is 16.4. The molecule has 0 radical (unpaired) electrons. The Labute approximate surface area is 231 Å². The van der Waals surface area contributed by atoms with Gasteiger partial charge in [-0.2, -0.15) is 0 Å². The zero-order valence-corrected chi connectivity index (χ0v) is 23.1. The summed E-state index contributed by atoms with van der Waals surface area (Å²) in [5, 5.41) is 11.8. The molecule has 1 aliphatic heterocycles. The van der Waals surface area contributed by atoms with Gasteiger partial charge in [0.1, 0.15) is 5.76 Å². The quantitative estimate of drug-likeness (QED) is 0.199. The maximum Gasteiger partial charge on any atom is 0.300 e. The number of hydrogen-bond donors (Lipinski definition) is 1. The fourth-order valence-corrected chi connectivity index (χ4v) is 5.29. The van der Waals surface area contributed by atoms with E-state index in [0.717, 1.165) is 11.1 Å². The fraction of sp³-hybridized carbons (Fsp3) is 0.241. The summed E-state index contributed by atoms with van der Waals surface area (Å²) in [4.78, 5) is 28.5. The van der Waals surface area contributed by atoms with Crippen LogP contribution in [0.25, 0.3) is 5.76 Å². The van der Waals surface area contributed by atoms with E-state index in [1.165, 1.54) is 31.3 Å². The molecular weight excluding hydrogens is 529 g/mol. The topological polar surface area (TPSA) is 85.3 Å². The number of carbonyl (C=O) groups excluding carboxylic acids is 2. The molecule has 0 saturated carbocycles. The third-order valence-electron chi connectivity index (χ3n) is 6.34. The summed E-state index contributed by atoms with van der Waals surface area (Å²) in [7, 11) is 2.94. The molecule has 1 fully saturated rings. The van der Waals surface area contributed by atoms with Crippen LogP contribution in [0.1, 0.15) is 35.2 Å². The first-order valence-corrected chi connectivity index (χ1v) is 12.6. The minimum atomic E-state index is -0.971. The standard InChI is InChI=1S/C29H27Cl2NO6/c1-6-38-23-14-17(8-10-22(23)36-4)25-24(26(33)18-12-19(30)28(37-5)20(31)13-18)27(34)29(35)32(25)21-9-7-15(2)11-16(21)3/h7-14,25,33H,6H2,1-5H3/b26-24+. The summed E-state index contributed by atoms with van der Waals surface area (Å²) in [6.07, 6.45) is 0. The minimum absolute atomic E-state index is 0.111. The molecule has 1 heterocycles. The Morgan fingerprint density at radius 3 is 2.21 bits per heavy atom. The SMILES string of the molecule is CCOc1cc(C2/C(=C(\O)c3cc(Cl)c(OC)c(Cl)c3)C(=O)C(=O)N2c2ccc(C)cc2C)ccc1OC. The summed E-state index contributed by atoms with van der Waals surface area (Å²) >= 11 is 12.6. The molecule has 3 aromatic rings. The van der Waals surface area contributed by atoms with Gasteiger partial charge in [-0.25, -0.2) is 0 Å². The summed E-state index contributed by atoms with van der Waals surface area (Å²) in [6.45, 7) is 6.02. The Hall–Kier alpha value is -3.68. The van der Waals surface area contributed by atoms with Gasteiger partial charge in [0.2, 0.25) is 0 Å². The number of aliphatic hydroxyl groups is 1. The van der Waals surface area contributed by atoms with Crippen LogP contribution in [0, 0.1) is 13.8 Å². The van der Waals surface area contributed by atoms with Gasteiger partial charge in [-0.15, -0.1) is 0 Å². The van der Waals surface area contributed by atoms with Crippen molar-refractivity contribution in [1.29, 1.82) is 0 Å². The highest BCUT2D eigenvalue weighted by Gasteiger charge is 2.47. The summed E-state index contributed by atoms with van der Waals surface area (Å²) in [5.74, 6) is -0.871. The number of ketones is 1. The van der Waals surface area contributed by atoms with Crippen molar-refractivity contribution in [3.8, 4) is 17.2 Å². The lowest BCUT2D eigenvalue weighted by molar-refractivity contribution is -0.132. The zero-order chi connectivity index (χ0) is 27.7. The van der Waals surface area contributed by atoms with Crippen LogP contribution in [-0.2, 0) is 9.59 Å². The first-order valence-electron chi connectivity index (χ1n) is 11.8. The van der Waals surface area contributed by atoms with Crippen LogP contribution in [0.2, 0.25) is 10.0 Å². The molecular formula is C29H27Cl2NO6. The second kappa shape index (κ2) is 11.0. The fourth-order valence-electron chi connectivity index (χ4n) is 4.65. The Kier molecular flexibility index (Phi) is 7.90. The van der Waals surface area contributed by atoms with Gasteiger partial charge < -0.3 is 19.3 Å². The van der Waals surface area contributed by atoms with Gasteiger partial charge >= 0.3 is 0 Å². The lowest BCUT2D eigenvalue weighted by atomic mass is 9.94. The van der Waals surface area contributed by atoms with Crippen molar-refractivity contribution in [3.05, 3.63) is 86.4 Å². The van der Waals surface area contributed by atoms with Gasteiger partial charge in [-0.3, -0.25) is 14.5 Å². The second-order valence-corrected chi connectivity index (χ2v) is 9.59. The number of methoxy groups -OCH3 is 2. The molecule has 9 heteroatoms. The van der Waals surface area contributed by atoms with Gasteiger partial charge in [0, 0.05) is 11.3 Å². The minimum Gasteiger partial charge on any atom is -0.507 e. The average molecular weight is 556 g/mol. The smallest absolute Gasteiger partial charge is 0.300 e. The molecule has 198 valence electrons. The van der Waals surface area contributed by atoms with E-state index < -0.39 is 23.5 Å². The molecule has 4 rings (SSSR count). The number of Topliss-reactive ketones (excluding diaryl/α,β-unsaturated/α-hetero) is 1. The molecule has 1 aliphatic rings. The van der Waals surface area contributed by atoms with Gasteiger partial charge in [-0.05, 0) is 62.2 Å². The molecule has 0 bridgehead atoms. The largest absolute Gasteiger partial charge is 0.507 e. The van der Waals surface area contributed by atoms with Gasteiger partial charge in [0.25, 0.3) is 11.7 Å². The number of rotatable bonds is 7. The number of hydrogen-bond acceptors (Lipinski definition) is 6. The Bertz CT molecular complexity index is 1440. The summed E-state index contributed by atoms with van der Waals surface area (Å²) in [6, 6.07) is 12.6. The Morgan fingerprint density at radius 1 is 0.947 bits per heavy atom. The number of nitrogens with zero attached hydrogens (tertiary/aromatic N) is 1. The third kappa shape index (κ3) is 4.79. The van der Waals surface area contributed by atoms with Gasteiger partial charge in [-0.1, -0.05) is 47.0 Å². The van der Waals surface area contributed by atoms with Crippen LogP contribution < -0.4 is 19.1 Å². The van der Waals surface area contributed by atoms with Crippen LogP contribution in [-0.4, -0.2) is 37.6 Å². The highest BCUT2D eigenvalue weighted by molar-refractivity contribution is 6.52. The number of aryl methyl sites for hydroxylation is 2. The zero-order valence-electron chi connectivity index (χ0n) is 21.6. The number of aliphatic hydroxyl groups excluding tert-OH is 1. The molecule has 7 nitrogen and oxygen atoms in total. The first kappa shape index (κ1) is 27.4. The van der Waals surface area contributed by atoms with E-state index >= 15 is 0 Å². The molecule has 0 aliphatic carbocycles. The lowest BCUT2D eigenvalue weighted by Gasteiger charge is -2.27. The van der Waals surface area contributed by atoms with E-state index in [1.54, 1.807) is 24.3 Å². The van der Waals surface area contributed by atoms with Crippen LogP contribution >= 0.6 is 23.2 Å². The second-order valence-electron chi connectivity index (χ2n) is 8.78. The van der Waals surface area contributed by atoms with Crippen molar-refractivity contribution < 1.29 is 28.9 Å². The molecule has 3 aromatic carbocycles. The van der Waals surface area contributed by atoms with E-state index in [2.05, 4.69) is 0 Å². The molecule has 1 atom stereocenters. The third-order valence-corrected chi connectivity index (χ3v) is 6.90. The predicted octanol–water partition coefficient (Wildman–Crippen LogP) is 6.65. The number of anilines is 1. The first-order chi connectivity index (χ1) is 18.1. The highest BCUT2D eigenvalue weighted by Crippen LogP contribution is 2.46. The van der Waals surface area contributed by atoms with E-state index in [0.29, 0.717) is 29.4 Å². The molecule has 1 amide bonds. The van der Waals surface area contributed by atoms with Crippen LogP contribution in [0.4, 0.5) is 5.69 Å². The monoisotopic (exact) mass is 555 g/mol. The van der Waals surface area contributed by atoms with Crippen LogP contribution in [0.15, 0.2) is 54.1 Å². The predicted molar refractivity (Wildman–Crippen MR) is 148 cm³/mol. The normalized spacial score (nSPS) is 16.6. The Balaban J connectivity index is 2.01. The Morgan fingerprint density at radius 2 is 1.63 bits per heavy atom. The number of ether oxygens (including phenoxy) is 3. The van der Waals surface area contributed by atoms with Crippen LogP contribution in [0.5, 0.6) is 17.2 Å². The molecule has 1 unspecified atom stereocenters. The van der Waals surface area contributed by atoms with E-state index in [4.69, 9.17) is 37.4 Å².